The summed E-state index contributed by atoms with van der Waals surface area (Å²) in [5.41, 5.74) is 25.9. The van der Waals surface area contributed by atoms with Crippen molar-refractivity contribution in [2.45, 2.75) is 25.7 Å². The van der Waals surface area contributed by atoms with Crippen LogP contribution in [0.3, 0.4) is 0 Å². The lowest BCUT2D eigenvalue weighted by Crippen LogP contribution is -1.96. The van der Waals surface area contributed by atoms with Crippen molar-refractivity contribution >= 4 is 27.1 Å². The Hall–Kier alpha value is -9.36. The highest BCUT2D eigenvalue weighted by Gasteiger charge is 2.36. The van der Waals surface area contributed by atoms with Crippen LogP contribution >= 0.6 is 0 Å². The van der Waals surface area contributed by atoms with Gasteiger partial charge in [-0.25, -0.2) is 0 Å². The normalized spacial score (nSPS) is 13.7. The van der Waals surface area contributed by atoms with Gasteiger partial charge in [-0.05, 0) is 201 Å². The van der Waals surface area contributed by atoms with E-state index < -0.39 is 0 Å². The molecule has 0 bridgehead atoms. The van der Waals surface area contributed by atoms with Crippen molar-refractivity contribution in [3.8, 4) is 77.9 Å². The Labute approximate surface area is 447 Å². The van der Waals surface area contributed by atoms with E-state index in [1.54, 1.807) is 0 Å². The monoisotopic (exact) mass is 968 g/mol. The molecule has 12 aromatic carbocycles. The minimum atomic E-state index is 0.387. The number of fused-ring (bicyclic) bond motifs is 2. The molecule has 0 spiro atoms. The van der Waals surface area contributed by atoms with Crippen LogP contribution in [0.2, 0.25) is 0 Å². The summed E-state index contributed by atoms with van der Waals surface area (Å²) in [6.45, 7) is 7.09. The molecule has 1 unspecified atom stereocenters. The molecule has 360 valence electrons. The zero-order valence-corrected chi connectivity index (χ0v) is 42.8. The topological polar surface area (TPSA) is 0 Å². The highest BCUT2D eigenvalue weighted by Crippen LogP contribution is 2.54. The predicted octanol–water partition coefficient (Wildman–Crippen LogP) is 20.7. The van der Waals surface area contributed by atoms with E-state index in [2.05, 4.69) is 286 Å². The Morgan fingerprint density at radius 3 is 1.26 bits per heavy atom. The third kappa shape index (κ3) is 9.10. The van der Waals surface area contributed by atoms with Crippen molar-refractivity contribution in [1.29, 1.82) is 0 Å². The van der Waals surface area contributed by atoms with Gasteiger partial charge in [-0.2, -0.15) is 0 Å². The summed E-state index contributed by atoms with van der Waals surface area (Å²) in [6.07, 6.45) is 1.84. The van der Waals surface area contributed by atoms with Gasteiger partial charge in [0.25, 0.3) is 0 Å². The highest BCUT2D eigenvalue weighted by atomic mass is 14.4. The van der Waals surface area contributed by atoms with Crippen LogP contribution in [0, 0.1) is 6.92 Å². The number of hydrogen-bond donors (Lipinski definition) is 0. The minimum Gasteiger partial charge on any atom is -0.0949 e. The van der Waals surface area contributed by atoms with Crippen LogP contribution in [0.25, 0.3) is 105 Å². The third-order valence-corrected chi connectivity index (χ3v) is 15.6. The largest absolute Gasteiger partial charge is 0.0949 e. The smallest absolute Gasteiger partial charge is 0.00981 e. The van der Waals surface area contributed by atoms with E-state index in [4.69, 9.17) is 6.58 Å². The number of aryl methyl sites for hydroxylation is 1. The zero-order valence-electron chi connectivity index (χ0n) is 42.8. The molecule has 1 aliphatic rings. The SMILES string of the molecule is C=C(Cc1ccccc1)/C(=C1/CC1c1ccccc1C)c1cccc(-c2ccc3c(-c4cc(-c5ccccc5)cc(-c5ccccc5)c4)c4ccccc4c(-c4cc(-c5ccccc5)cc(-c5ccccc5)c4)c3c2)c1. The molecule has 13 rings (SSSR count). The average Bonchev–Trinajstić information content (AvgIpc) is 4.33. The molecule has 0 heteroatoms. The maximum Gasteiger partial charge on any atom is 0.00981 e. The van der Waals surface area contributed by atoms with Crippen LogP contribution in [-0.4, -0.2) is 0 Å². The van der Waals surface area contributed by atoms with Crippen molar-refractivity contribution in [1.82, 2.24) is 0 Å². The summed E-state index contributed by atoms with van der Waals surface area (Å²) in [4.78, 5) is 0. The molecule has 0 N–H and O–H groups in total. The number of benzene rings is 12. The first-order chi connectivity index (χ1) is 37.5. The zero-order chi connectivity index (χ0) is 51.0. The first kappa shape index (κ1) is 46.4. The van der Waals surface area contributed by atoms with Gasteiger partial charge in [0.05, 0.1) is 0 Å². The van der Waals surface area contributed by atoms with Crippen molar-refractivity contribution in [3.63, 3.8) is 0 Å². The van der Waals surface area contributed by atoms with Gasteiger partial charge in [-0.15, -0.1) is 0 Å². The second-order valence-electron chi connectivity index (χ2n) is 20.5. The lowest BCUT2D eigenvalue weighted by Gasteiger charge is -2.21. The van der Waals surface area contributed by atoms with Gasteiger partial charge in [-0.3, -0.25) is 0 Å². The summed E-state index contributed by atoms with van der Waals surface area (Å²) < 4.78 is 0. The molecule has 0 radical (unpaired) electrons. The fourth-order valence-corrected chi connectivity index (χ4v) is 11.8. The quantitative estimate of drug-likeness (QED) is 0.107. The number of rotatable bonds is 12. The summed E-state index contributed by atoms with van der Waals surface area (Å²) in [6, 6.07) is 103. The van der Waals surface area contributed by atoms with Crippen molar-refractivity contribution in [3.05, 3.63) is 319 Å². The Bertz CT molecular complexity index is 4030. The minimum absolute atomic E-state index is 0.387. The van der Waals surface area contributed by atoms with E-state index in [-0.39, 0.29) is 0 Å². The Kier molecular flexibility index (Phi) is 12.3. The van der Waals surface area contributed by atoms with E-state index in [1.807, 2.05) is 0 Å². The fourth-order valence-electron chi connectivity index (χ4n) is 11.8. The highest BCUT2D eigenvalue weighted by molar-refractivity contribution is 6.22. The Morgan fingerprint density at radius 1 is 0.342 bits per heavy atom. The number of hydrogen-bond acceptors (Lipinski definition) is 0. The fraction of sp³-hybridized carbons (Fsp3) is 0.0526. The van der Waals surface area contributed by atoms with E-state index in [1.165, 1.54) is 133 Å². The molecule has 1 fully saturated rings. The second-order valence-corrected chi connectivity index (χ2v) is 20.5. The van der Waals surface area contributed by atoms with Crippen LogP contribution in [0.4, 0.5) is 0 Å². The van der Waals surface area contributed by atoms with Gasteiger partial charge in [0.1, 0.15) is 0 Å². The van der Waals surface area contributed by atoms with Crippen LogP contribution < -0.4 is 0 Å². The summed E-state index contributed by atoms with van der Waals surface area (Å²) in [5, 5.41) is 4.85. The lowest BCUT2D eigenvalue weighted by atomic mass is 9.82. The molecule has 0 aromatic heterocycles. The molecule has 0 nitrogen and oxygen atoms in total. The molecule has 1 atom stereocenters. The Balaban J connectivity index is 1.06. The Morgan fingerprint density at radius 2 is 0.750 bits per heavy atom. The molecule has 0 amide bonds. The van der Waals surface area contributed by atoms with Crippen LogP contribution in [0.5, 0.6) is 0 Å². The molecule has 0 aliphatic heterocycles. The van der Waals surface area contributed by atoms with Crippen LogP contribution in [0.15, 0.2) is 297 Å². The van der Waals surface area contributed by atoms with Gasteiger partial charge in [0.15, 0.2) is 0 Å². The summed E-state index contributed by atoms with van der Waals surface area (Å²) in [5.74, 6) is 0.387. The van der Waals surface area contributed by atoms with Crippen LogP contribution in [-0.2, 0) is 6.42 Å². The predicted molar refractivity (Wildman–Crippen MR) is 324 cm³/mol. The first-order valence-corrected chi connectivity index (χ1v) is 26.6. The van der Waals surface area contributed by atoms with Gasteiger partial charge < -0.3 is 0 Å². The van der Waals surface area contributed by atoms with Crippen molar-refractivity contribution in [2.75, 3.05) is 0 Å². The molecule has 1 saturated carbocycles. The average molecular weight is 969 g/mol. The van der Waals surface area contributed by atoms with Gasteiger partial charge in [-0.1, -0.05) is 243 Å². The molecule has 0 saturated heterocycles. The number of allylic oxidation sites excluding steroid dienone is 3. The standard InChI is InChI=1S/C76H56/c1-51-23-18-19-36-67(51)71-50-73(71)74(52(2)41-53-24-8-3-9-25-53)60-35-22-34-58(42-60)59-39-40-70-72(49-59)76(66-47-63(56-30-14-6-15-31-56)44-64(48-66)57-32-16-7-17-33-57)69-38-21-20-37-68(69)75(70)65-45-61(54-26-10-4-11-27-54)43-62(46-65)55-28-12-5-13-29-55/h3-40,42-49,71H,2,41,50H2,1H3/b74-73+. The van der Waals surface area contributed by atoms with Gasteiger partial charge in [0.2, 0.25) is 0 Å². The maximum atomic E-state index is 4.85. The molecule has 76 heavy (non-hydrogen) atoms. The second kappa shape index (κ2) is 20.2. The molecule has 0 heterocycles. The molecular weight excluding hydrogens is 913 g/mol. The molecule has 12 aromatic rings. The van der Waals surface area contributed by atoms with E-state index in [0.29, 0.717) is 5.92 Å². The lowest BCUT2D eigenvalue weighted by molar-refractivity contribution is 1.12. The summed E-state index contributed by atoms with van der Waals surface area (Å²) in [7, 11) is 0. The molecule has 1 aliphatic carbocycles. The van der Waals surface area contributed by atoms with E-state index >= 15 is 0 Å². The molecular formula is C76H56. The first-order valence-electron chi connectivity index (χ1n) is 26.6. The van der Waals surface area contributed by atoms with Gasteiger partial charge >= 0.3 is 0 Å². The summed E-state index contributed by atoms with van der Waals surface area (Å²) >= 11 is 0. The van der Waals surface area contributed by atoms with Crippen molar-refractivity contribution < 1.29 is 0 Å². The maximum absolute atomic E-state index is 4.85. The van der Waals surface area contributed by atoms with E-state index in [0.717, 1.165) is 18.4 Å². The van der Waals surface area contributed by atoms with Crippen molar-refractivity contribution in [2.24, 2.45) is 0 Å². The van der Waals surface area contributed by atoms with Gasteiger partial charge in [0, 0.05) is 5.92 Å². The third-order valence-electron chi connectivity index (χ3n) is 15.6. The van der Waals surface area contributed by atoms with E-state index in [9.17, 15) is 0 Å². The van der Waals surface area contributed by atoms with Crippen LogP contribution in [0.1, 0.15) is 34.6 Å².